The molecule has 0 aliphatic heterocycles. The number of aryl methyl sites for hydroxylation is 2. The summed E-state index contributed by atoms with van der Waals surface area (Å²) in [6.07, 6.45) is 1.46. The van der Waals surface area contributed by atoms with Crippen LogP contribution in [0.2, 0.25) is 0 Å². The molecule has 0 fully saturated rings. The van der Waals surface area contributed by atoms with Crippen LogP contribution in [0.1, 0.15) is 29.2 Å². The minimum atomic E-state index is -0.559. The summed E-state index contributed by atoms with van der Waals surface area (Å²) in [5.41, 5.74) is 4.64. The van der Waals surface area contributed by atoms with Crippen LogP contribution in [0.15, 0.2) is 29.0 Å². The molecule has 0 saturated heterocycles. The molecule has 0 amide bonds. The summed E-state index contributed by atoms with van der Waals surface area (Å²) >= 11 is 1.63. The lowest BCUT2D eigenvalue weighted by Crippen LogP contribution is -2.29. The lowest BCUT2D eigenvalue weighted by Gasteiger charge is -2.17. The predicted octanol–water partition coefficient (Wildman–Crippen LogP) is 3.47. The van der Waals surface area contributed by atoms with Crippen LogP contribution in [-0.4, -0.2) is 0 Å². The second-order valence-corrected chi connectivity index (χ2v) is 5.29. The average Bonchev–Trinajstić information content (AvgIpc) is 2.89. The fourth-order valence-corrected chi connectivity index (χ4v) is 2.72. The molecule has 0 aliphatic carbocycles. The molecule has 5 heteroatoms. The van der Waals surface area contributed by atoms with E-state index in [2.05, 4.69) is 10.8 Å². The molecular formula is C14H16F2N2S. The van der Waals surface area contributed by atoms with Gasteiger partial charge in [-0.2, -0.15) is 11.3 Å². The molecule has 1 heterocycles. The lowest BCUT2D eigenvalue weighted by atomic mass is 9.98. The van der Waals surface area contributed by atoms with Crippen LogP contribution in [0.5, 0.6) is 0 Å². The zero-order valence-electron chi connectivity index (χ0n) is 10.6. The van der Waals surface area contributed by atoms with Gasteiger partial charge in [0.2, 0.25) is 0 Å². The number of nitrogens with one attached hydrogen (secondary N) is 1. The van der Waals surface area contributed by atoms with Gasteiger partial charge in [-0.1, -0.05) is 0 Å². The summed E-state index contributed by atoms with van der Waals surface area (Å²) in [7, 11) is 0. The molecule has 1 aromatic heterocycles. The van der Waals surface area contributed by atoms with E-state index >= 15 is 0 Å². The monoisotopic (exact) mass is 282 g/mol. The smallest absolute Gasteiger partial charge is 0.130 e. The maximum Gasteiger partial charge on any atom is 0.130 e. The number of halogens is 2. The van der Waals surface area contributed by atoms with Gasteiger partial charge in [0.15, 0.2) is 0 Å². The second-order valence-electron chi connectivity index (χ2n) is 4.51. The summed E-state index contributed by atoms with van der Waals surface area (Å²) in [6, 6.07) is 4.15. The van der Waals surface area contributed by atoms with E-state index < -0.39 is 11.6 Å². The molecule has 3 N–H and O–H groups in total. The van der Waals surface area contributed by atoms with Gasteiger partial charge in [-0.15, -0.1) is 0 Å². The van der Waals surface area contributed by atoms with Gasteiger partial charge >= 0.3 is 0 Å². The molecule has 102 valence electrons. The fourth-order valence-electron chi connectivity index (χ4n) is 2.02. The van der Waals surface area contributed by atoms with Gasteiger partial charge < -0.3 is 0 Å². The van der Waals surface area contributed by atoms with Crippen molar-refractivity contribution in [3.05, 3.63) is 57.3 Å². The molecule has 0 bridgehead atoms. The van der Waals surface area contributed by atoms with Gasteiger partial charge in [0.1, 0.15) is 11.6 Å². The molecule has 0 saturated carbocycles. The first kappa shape index (κ1) is 14.1. The Labute approximate surface area is 115 Å². The number of hydrogen-bond donors (Lipinski definition) is 2. The van der Waals surface area contributed by atoms with Gasteiger partial charge in [0.05, 0.1) is 0 Å². The molecule has 0 aliphatic rings. The second kappa shape index (κ2) is 6.23. The first-order valence-electron chi connectivity index (χ1n) is 6.04. The van der Waals surface area contributed by atoms with Crippen molar-refractivity contribution in [2.45, 2.75) is 25.8 Å². The fraction of sp³-hybridized carbons (Fsp3) is 0.286. The van der Waals surface area contributed by atoms with Crippen molar-refractivity contribution in [1.82, 2.24) is 5.43 Å². The molecule has 19 heavy (non-hydrogen) atoms. The van der Waals surface area contributed by atoms with Crippen molar-refractivity contribution in [2.24, 2.45) is 5.84 Å². The Kier molecular flexibility index (Phi) is 4.63. The number of hydrazine groups is 1. The number of nitrogens with two attached hydrogens (primary N) is 1. The number of rotatable bonds is 5. The number of hydrogen-bond acceptors (Lipinski definition) is 3. The highest BCUT2D eigenvalue weighted by molar-refractivity contribution is 7.07. The highest BCUT2D eigenvalue weighted by atomic mass is 32.1. The van der Waals surface area contributed by atoms with E-state index in [-0.39, 0.29) is 6.04 Å². The Morgan fingerprint density at radius 1 is 1.32 bits per heavy atom. The molecule has 1 atom stereocenters. The largest absolute Gasteiger partial charge is 0.271 e. The summed E-state index contributed by atoms with van der Waals surface area (Å²) in [4.78, 5) is 0. The Morgan fingerprint density at radius 2 is 2.11 bits per heavy atom. The van der Waals surface area contributed by atoms with Crippen LogP contribution in [0, 0.1) is 18.6 Å². The van der Waals surface area contributed by atoms with Crippen LogP contribution < -0.4 is 11.3 Å². The van der Waals surface area contributed by atoms with E-state index in [9.17, 15) is 8.78 Å². The predicted molar refractivity (Wildman–Crippen MR) is 73.8 cm³/mol. The molecule has 2 aromatic rings. The van der Waals surface area contributed by atoms with Crippen molar-refractivity contribution in [1.29, 1.82) is 0 Å². The first-order valence-corrected chi connectivity index (χ1v) is 6.99. The third kappa shape index (κ3) is 3.37. The maximum atomic E-state index is 13.8. The van der Waals surface area contributed by atoms with E-state index in [1.807, 2.05) is 11.4 Å². The zero-order valence-corrected chi connectivity index (χ0v) is 11.4. The topological polar surface area (TPSA) is 38.0 Å². The van der Waals surface area contributed by atoms with Crippen LogP contribution in [0.25, 0.3) is 0 Å². The van der Waals surface area contributed by atoms with E-state index in [4.69, 9.17) is 5.84 Å². The third-order valence-corrected chi connectivity index (χ3v) is 3.89. The summed E-state index contributed by atoms with van der Waals surface area (Å²) < 4.78 is 27.0. The standard InChI is InChI=1S/C14H16F2N2S/c1-9-6-11(13(16)7-12(9)15)14(18-17)3-2-10-4-5-19-8-10/h4-8,14,18H,2-3,17H2,1H3. The lowest BCUT2D eigenvalue weighted by molar-refractivity contribution is 0.479. The molecule has 1 unspecified atom stereocenters. The summed E-state index contributed by atoms with van der Waals surface area (Å²) in [5, 5.41) is 4.06. The normalized spacial score (nSPS) is 12.6. The minimum Gasteiger partial charge on any atom is -0.271 e. The van der Waals surface area contributed by atoms with Crippen LogP contribution in [-0.2, 0) is 6.42 Å². The van der Waals surface area contributed by atoms with E-state index in [0.29, 0.717) is 17.5 Å². The quantitative estimate of drug-likeness (QED) is 0.651. The highest BCUT2D eigenvalue weighted by Crippen LogP contribution is 2.24. The van der Waals surface area contributed by atoms with Crippen molar-refractivity contribution >= 4 is 11.3 Å². The SMILES string of the molecule is Cc1cc(C(CCc2ccsc2)NN)c(F)cc1F. The Hall–Kier alpha value is -1.30. The Balaban J connectivity index is 2.15. The van der Waals surface area contributed by atoms with Crippen molar-refractivity contribution in [2.75, 3.05) is 0 Å². The van der Waals surface area contributed by atoms with Crippen LogP contribution >= 0.6 is 11.3 Å². The molecule has 1 aromatic carbocycles. The number of thiophene rings is 1. The Morgan fingerprint density at radius 3 is 2.74 bits per heavy atom. The van der Waals surface area contributed by atoms with Crippen molar-refractivity contribution in [3.8, 4) is 0 Å². The van der Waals surface area contributed by atoms with E-state index in [0.717, 1.165) is 12.5 Å². The molecule has 2 nitrogen and oxygen atoms in total. The molecule has 2 rings (SSSR count). The Bertz CT molecular complexity index is 541. The molecule has 0 radical (unpaired) electrons. The van der Waals surface area contributed by atoms with Gasteiger partial charge in [-0.25, -0.2) is 8.78 Å². The molecule has 0 spiro atoms. The van der Waals surface area contributed by atoms with Crippen LogP contribution in [0.3, 0.4) is 0 Å². The van der Waals surface area contributed by atoms with E-state index in [1.165, 1.54) is 11.6 Å². The van der Waals surface area contributed by atoms with Crippen LogP contribution in [0.4, 0.5) is 8.78 Å². The summed E-state index contributed by atoms with van der Waals surface area (Å²) in [5.74, 6) is 4.40. The average molecular weight is 282 g/mol. The highest BCUT2D eigenvalue weighted by Gasteiger charge is 2.16. The third-order valence-electron chi connectivity index (χ3n) is 3.16. The number of benzene rings is 1. The first-order chi connectivity index (χ1) is 9.11. The van der Waals surface area contributed by atoms with Crippen molar-refractivity contribution in [3.63, 3.8) is 0 Å². The van der Waals surface area contributed by atoms with Gasteiger partial charge in [0.25, 0.3) is 0 Å². The summed E-state index contributed by atoms with van der Waals surface area (Å²) in [6.45, 7) is 1.62. The van der Waals surface area contributed by atoms with E-state index in [1.54, 1.807) is 18.3 Å². The van der Waals surface area contributed by atoms with Crippen molar-refractivity contribution < 1.29 is 8.78 Å². The zero-order chi connectivity index (χ0) is 13.8. The van der Waals surface area contributed by atoms with Gasteiger partial charge in [0, 0.05) is 17.7 Å². The maximum absolute atomic E-state index is 13.8. The van der Waals surface area contributed by atoms with Gasteiger partial charge in [-0.3, -0.25) is 11.3 Å². The minimum absolute atomic E-state index is 0.320. The molecular weight excluding hydrogens is 266 g/mol. The van der Waals surface area contributed by atoms with Gasteiger partial charge in [-0.05, 0) is 53.8 Å².